The van der Waals surface area contributed by atoms with Gasteiger partial charge in [0.1, 0.15) is 9.90 Å². The van der Waals surface area contributed by atoms with Crippen molar-refractivity contribution in [1.82, 2.24) is 4.37 Å². The number of anilines is 2. The Labute approximate surface area is 129 Å². The van der Waals surface area contributed by atoms with Crippen molar-refractivity contribution in [3.05, 3.63) is 35.9 Å². The Morgan fingerprint density at radius 1 is 1.29 bits per heavy atom. The van der Waals surface area contributed by atoms with Gasteiger partial charge < -0.3 is 11.1 Å². The van der Waals surface area contributed by atoms with E-state index in [0.29, 0.717) is 18.0 Å². The van der Waals surface area contributed by atoms with Gasteiger partial charge in [0.15, 0.2) is 15.7 Å². The molecule has 0 bridgehead atoms. The molecule has 0 aliphatic rings. The minimum atomic E-state index is -3.36. The number of nitrogen functional groups attached to an aromatic ring is 1. The highest BCUT2D eigenvalue weighted by atomic mass is 32.2. The smallest absolute Gasteiger partial charge is 0.185 e. The summed E-state index contributed by atoms with van der Waals surface area (Å²) in [6.07, 6.45) is 1.37. The van der Waals surface area contributed by atoms with E-state index in [1.165, 1.54) is 5.56 Å². The highest BCUT2D eigenvalue weighted by molar-refractivity contribution is 7.91. The summed E-state index contributed by atoms with van der Waals surface area (Å²) in [5.41, 5.74) is 6.92. The van der Waals surface area contributed by atoms with Crippen molar-refractivity contribution in [3.63, 3.8) is 0 Å². The molecule has 0 saturated carbocycles. The summed E-state index contributed by atoms with van der Waals surface area (Å²) in [7, 11) is -3.36. The number of nitrogens with zero attached hydrogens (tertiary/aromatic N) is 1. The average molecular weight is 325 g/mol. The second-order valence-electron chi connectivity index (χ2n) is 4.71. The molecule has 1 aromatic heterocycles. The van der Waals surface area contributed by atoms with Crippen LogP contribution in [0.1, 0.15) is 18.9 Å². The van der Waals surface area contributed by atoms with Crippen LogP contribution in [-0.4, -0.2) is 25.1 Å². The van der Waals surface area contributed by atoms with E-state index in [9.17, 15) is 8.42 Å². The van der Waals surface area contributed by atoms with Crippen LogP contribution in [0.5, 0.6) is 0 Å². The van der Waals surface area contributed by atoms with Gasteiger partial charge in [-0.05, 0) is 29.9 Å². The summed E-state index contributed by atoms with van der Waals surface area (Å²) >= 11 is 1.10. The zero-order valence-corrected chi connectivity index (χ0v) is 13.5. The maximum Gasteiger partial charge on any atom is 0.185 e. The van der Waals surface area contributed by atoms with Crippen molar-refractivity contribution in [3.8, 4) is 0 Å². The van der Waals surface area contributed by atoms with Gasteiger partial charge in [-0.25, -0.2) is 8.42 Å². The molecule has 0 amide bonds. The first-order valence-corrected chi connectivity index (χ1v) is 9.23. The van der Waals surface area contributed by atoms with Crippen molar-refractivity contribution in [1.29, 1.82) is 0 Å². The van der Waals surface area contributed by atoms with Gasteiger partial charge in [0, 0.05) is 6.54 Å². The fourth-order valence-electron chi connectivity index (χ4n) is 2.04. The van der Waals surface area contributed by atoms with Crippen LogP contribution in [0, 0.1) is 0 Å². The fraction of sp³-hybridized carbons (Fsp3) is 0.357. The van der Waals surface area contributed by atoms with E-state index in [1.54, 1.807) is 0 Å². The molecular formula is C14H19N3O2S2. The topological polar surface area (TPSA) is 85.1 Å². The zero-order chi connectivity index (χ0) is 15.3. The van der Waals surface area contributed by atoms with Gasteiger partial charge in [0.25, 0.3) is 0 Å². The number of nitrogens with two attached hydrogens (primary N) is 1. The van der Waals surface area contributed by atoms with Gasteiger partial charge in [-0.2, -0.15) is 4.37 Å². The van der Waals surface area contributed by atoms with Crippen LogP contribution in [0.4, 0.5) is 10.8 Å². The molecule has 0 aliphatic heterocycles. The number of nitrogens with one attached hydrogen (secondary N) is 1. The molecule has 7 heteroatoms. The molecule has 1 heterocycles. The van der Waals surface area contributed by atoms with E-state index >= 15 is 0 Å². The summed E-state index contributed by atoms with van der Waals surface area (Å²) in [5.74, 6) is 0.179. The van der Waals surface area contributed by atoms with Gasteiger partial charge in [-0.15, -0.1) is 0 Å². The number of hydrogen-bond acceptors (Lipinski definition) is 6. The number of sulfone groups is 1. The van der Waals surface area contributed by atoms with Crippen LogP contribution in [-0.2, 0) is 16.3 Å². The standard InChI is InChI=1S/C14H19N3O2S2/c1-2-10-21(18,19)12-13(15)17-20-14(12)16-9-8-11-6-4-3-5-7-11/h3-7,16H,2,8-10H2,1H3,(H2,15,17). The molecule has 0 saturated heterocycles. The van der Waals surface area contributed by atoms with E-state index < -0.39 is 9.84 Å². The van der Waals surface area contributed by atoms with E-state index in [1.807, 2.05) is 37.3 Å². The normalized spacial score (nSPS) is 11.5. The van der Waals surface area contributed by atoms with E-state index in [2.05, 4.69) is 9.69 Å². The molecule has 5 nitrogen and oxygen atoms in total. The van der Waals surface area contributed by atoms with Crippen molar-refractivity contribution in [2.75, 3.05) is 23.3 Å². The monoisotopic (exact) mass is 325 g/mol. The third kappa shape index (κ3) is 3.95. The van der Waals surface area contributed by atoms with E-state index in [4.69, 9.17) is 5.73 Å². The lowest BCUT2D eigenvalue weighted by Gasteiger charge is -2.07. The molecule has 2 aromatic rings. The molecule has 0 fully saturated rings. The van der Waals surface area contributed by atoms with Crippen molar-refractivity contribution in [2.45, 2.75) is 24.7 Å². The Hall–Kier alpha value is -1.60. The van der Waals surface area contributed by atoms with Crippen LogP contribution in [0.3, 0.4) is 0 Å². The highest BCUT2D eigenvalue weighted by Crippen LogP contribution is 2.32. The number of aromatic nitrogens is 1. The molecular weight excluding hydrogens is 306 g/mol. The Kier molecular flexibility index (Phi) is 5.19. The van der Waals surface area contributed by atoms with Gasteiger partial charge in [0.2, 0.25) is 0 Å². The molecule has 0 radical (unpaired) electrons. The summed E-state index contributed by atoms with van der Waals surface area (Å²) in [5, 5.41) is 3.68. The lowest BCUT2D eigenvalue weighted by molar-refractivity contribution is 0.595. The molecule has 0 aliphatic carbocycles. The van der Waals surface area contributed by atoms with Crippen molar-refractivity contribution in [2.24, 2.45) is 0 Å². The van der Waals surface area contributed by atoms with E-state index in [0.717, 1.165) is 18.0 Å². The second kappa shape index (κ2) is 6.91. The largest absolute Gasteiger partial charge is 0.382 e. The number of benzene rings is 1. The predicted molar refractivity (Wildman–Crippen MR) is 87.5 cm³/mol. The Morgan fingerprint density at radius 2 is 2.00 bits per heavy atom. The van der Waals surface area contributed by atoms with Crippen LogP contribution in [0.15, 0.2) is 35.2 Å². The lowest BCUT2D eigenvalue weighted by Crippen LogP contribution is -2.12. The van der Waals surface area contributed by atoms with Crippen LogP contribution in [0.2, 0.25) is 0 Å². The van der Waals surface area contributed by atoms with Crippen molar-refractivity contribution < 1.29 is 8.42 Å². The molecule has 2 rings (SSSR count). The summed E-state index contributed by atoms with van der Waals surface area (Å²) in [4.78, 5) is 0.155. The molecule has 0 unspecified atom stereocenters. The number of hydrogen-bond donors (Lipinski definition) is 2. The number of rotatable bonds is 7. The fourth-order valence-corrected chi connectivity index (χ4v) is 4.69. The maximum absolute atomic E-state index is 12.2. The Bertz CT molecular complexity index is 681. The first-order valence-electron chi connectivity index (χ1n) is 6.80. The second-order valence-corrected chi connectivity index (χ2v) is 7.53. The van der Waals surface area contributed by atoms with Gasteiger partial charge in [-0.3, -0.25) is 0 Å². The van der Waals surface area contributed by atoms with Gasteiger partial charge >= 0.3 is 0 Å². The summed E-state index contributed by atoms with van der Waals surface area (Å²) in [6, 6.07) is 10.0. The van der Waals surface area contributed by atoms with Gasteiger partial charge in [0.05, 0.1) is 5.75 Å². The molecule has 1 aromatic carbocycles. The third-order valence-corrected chi connectivity index (χ3v) is 5.93. The quantitative estimate of drug-likeness (QED) is 0.817. The Balaban J connectivity index is 2.08. The minimum Gasteiger partial charge on any atom is -0.382 e. The Morgan fingerprint density at radius 3 is 2.67 bits per heavy atom. The van der Waals surface area contributed by atoms with Crippen LogP contribution >= 0.6 is 11.5 Å². The zero-order valence-electron chi connectivity index (χ0n) is 11.9. The van der Waals surface area contributed by atoms with Gasteiger partial charge in [-0.1, -0.05) is 37.3 Å². The third-order valence-electron chi connectivity index (χ3n) is 3.00. The minimum absolute atomic E-state index is 0.0863. The lowest BCUT2D eigenvalue weighted by atomic mass is 10.1. The van der Waals surface area contributed by atoms with Crippen LogP contribution in [0.25, 0.3) is 0 Å². The SMILES string of the molecule is CCCS(=O)(=O)c1c(N)nsc1NCCc1ccccc1. The molecule has 21 heavy (non-hydrogen) atoms. The van der Waals surface area contributed by atoms with Crippen molar-refractivity contribution >= 4 is 32.2 Å². The maximum atomic E-state index is 12.2. The first-order chi connectivity index (χ1) is 10.0. The highest BCUT2D eigenvalue weighted by Gasteiger charge is 2.24. The average Bonchev–Trinajstić information content (AvgIpc) is 2.82. The molecule has 0 atom stereocenters. The van der Waals surface area contributed by atoms with Crippen LogP contribution < -0.4 is 11.1 Å². The summed E-state index contributed by atoms with van der Waals surface area (Å²) in [6.45, 7) is 2.47. The summed E-state index contributed by atoms with van der Waals surface area (Å²) < 4.78 is 28.4. The first kappa shape index (κ1) is 15.8. The van der Waals surface area contributed by atoms with E-state index in [-0.39, 0.29) is 16.5 Å². The molecule has 3 N–H and O–H groups in total. The molecule has 0 spiro atoms. The molecule has 114 valence electrons. The predicted octanol–water partition coefficient (Wildman–Crippen LogP) is 2.56.